The van der Waals surface area contributed by atoms with E-state index in [9.17, 15) is 9.59 Å². The highest BCUT2D eigenvalue weighted by atomic mass is 16.2. The summed E-state index contributed by atoms with van der Waals surface area (Å²) < 4.78 is 0. The fourth-order valence-corrected chi connectivity index (χ4v) is 7.25. The number of amides is 2. The van der Waals surface area contributed by atoms with Crippen LogP contribution in [0.25, 0.3) is 11.1 Å². The van der Waals surface area contributed by atoms with Crippen LogP contribution in [0.5, 0.6) is 0 Å². The maximum absolute atomic E-state index is 13.3. The molecule has 4 nitrogen and oxygen atoms in total. The van der Waals surface area contributed by atoms with Gasteiger partial charge in [0.15, 0.2) is 0 Å². The second-order valence-corrected chi connectivity index (χ2v) is 13.4. The van der Waals surface area contributed by atoms with Crippen molar-refractivity contribution in [2.24, 2.45) is 0 Å². The zero-order chi connectivity index (χ0) is 34.4. The van der Waals surface area contributed by atoms with Gasteiger partial charge < -0.3 is 10.6 Å². The van der Waals surface area contributed by atoms with Crippen molar-refractivity contribution in [3.63, 3.8) is 0 Å². The molecule has 0 fully saturated rings. The van der Waals surface area contributed by atoms with E-state index in [-0.39, 0.29) is 11.8 Å². The first-order valence-electron chi connectivity index (χ1n) is 16.8. The molecule has 49 heavy (non-hydrogen) atoms. The summed E-state index contributed by atoms with van der Waals surface area (Å²) in [4.78, 5) is 26.6. The molecule has 0 atom stereocenters. The fraction of sp³-hybridized carbons (Fsp3) is 0.156. The minimum Gasteiger partial charge on any atom is -0.322 e. The van der Waals surface area contributed by atoms with E-state index in [1.807, 2.05) is 76.2 Å². The Bertz CT molecular complexity index is 2130. The summed E-state index contributed by atoms with van der Waals surface area (Å²) in [6, 6.07) is 41.6. The third kappa shape index (κ3) is 5.44. The van der Waals surface area contributed by atoms with Gasteiger partial charge in [-0.25, -0.2) is 0 Å². The van der Waals surface area contributed by atoms with Crippen LogP contribution in [0.2, 0.25) is 0 Å². The van der Waals surface area contributed by atoms with Crippen LogP contribution in [0.3, 0.4) is 0 Å². The van der Waals surface area contributed by atoms with Gasteiger partial charge in [-0.05, 0) is 145 Å². The molecule has 4 heteroatoms. The second kappa shape index (κ2) is 12.4. The number of anilines is 2. The maximum atomic E-state index is 13.3. The molecule has 1 aliphatic carbocycles. The van der Waals surface area contributed by atoms with Gasteiger partial charge in [-0.15, -0.1) is 0 Å². The molecule has 7 rings (SSSR count). The van der Waals surface area contributed by atoms with Gasteiger partial charge in [0.1, 0.15) is 0 Å². The molecule has 6 aromatic rings. The highest BCUT2D eigenvalue weighted by Gasteiger charge is 2.46. The first-order chi connectivity index (χ1) is 23.6. The number of carbonyl (C=O) groups is 2. The number of nitrogens with one attached hydrogen (secondary N) is 2. The predicted octanol–water partition coefficient (Wildman–Crippen LogP) is 10.4. The number of hydrogen-bond acceptors (Lipinski definition) is 2. The van der Waals surface area contributed by atoms with E-state index in [0.717, 1.165) is 55.9 Å². The van der Waals surface area contributed by atoms with Gasteiger partial charge in [0, 0.05) is 22.5 Å². The molecule has 0 bridgehead atoms. The number of rotatable bonds is 6. The lowest BCUT2D eigenvalue weighted by Crippen LogP contribution is -2.29. The summed E-state index contributed by atoms with van der Waals surface area (Å²) >= 11 is 0. The predicted molar refractivity (Wildman–Crippen MR) is 201 cm³/mol. The monoisotopic (exact) mass is 640 g/mol. The van der Waals surface area contributed by atoms with Gasteiger partial charge in [-0.2, -0.15) is 0 Å². The van der Waals surface area contributed by atoms with Crippen LogP contribution < -0.4 is 10.6 Å². The summed E-state index contributed by atoms with van der Waals surface area (Å²) in [5.74, 6) is -0.251. The van der Waals surface area contributed by atoms with Crippen LogP contribution in [0.15, 0.2) is 121 Å². The van der Waals surface area contributed by atoms with Crippen molar-refractivity contribution in [1.82, 2.24) is 0 Å². The molecule has 0 radical (unpaired) electrons. The first-order valence-corrected chi connectivity index (χ1v) is 16.8. The van der Waals surface area contributed by atoms with E-state index in [1.54, 1.807) is 0 Å². The normalized spacial score (nSPS) is 12.6. The number of hydrogen-bond donors (Lipinski definition) is 2. The van der Waals surface area contributed by atoms with Gasteiger partial charge >= 0.3 is 0 Å². The van der Waals surface area contributed by atoms with Crippen molar-refractivity contribution in [3.8, 4) is 11.1 Å². The van der Waals surface area contributed by atoms with E-state index in [2.05, 4.69) is 97.3 Å². The number of aryl methyl sites for hydroxylation is 6. The SMILES string of the molecule is Cc1ccc(C(=O)Nc2ccc(C3(c4ccc(NC(=O)c5ccc(C)c(C)c5)c(C)c4)c4ccccc4-c4ccccc43)cc2C)cc1C. The molecule has 0 saturated carbocycles. The summed E-state index contributed by atoms with van der Waals surface area (Å²) in [6.07, 6.45) is 0. The molecule has 0 aliphatic heterocycles. The van der Waals surface area contributed by atoms with Crippen LogP contribution >= 0.6 is 0 Å². The molecule has 6 aromatic carbocycles. The lowest BCUT2D eigenvalue weighted by Gasteiger charge is -2.35. The Kier molecular flexibility index (Phi) is 8.04. The Morgan fingerprint density at radius 2 is 0.837 bits per heavy atom. The van der Waals surface area contributed by atoms with Crippen LogP contribution in [-0.2, 0) is 5.41 Å². The zero-order valence-electron chi connectivity index (χ0n) is 28.9. The molecule has 0 unspecified atom stereocenters. The average Bonchev–Trinajstić information content (AvgIpc) is 3.40. The Hall–Kier alpha value is -5.74. The highest BCUT2D eigenvalue weighted by molar-refractivity contribution is 6.05. The molecule has 242 valence electrons. The Balaban J connectivity index is 1.32. The van der Waals surface area contributed by atoms with E-state index in [4.69, 9.17) is 0 Å². The highest BCUT2D eigenvalue weighted by Crippen LogP contribution is 2.56. The van der Waals surface area contributed by atoms with E-state index < -0.39 is 5.41 Å². The van der Waals surface area contributed by atoms with E-state index in [0.29, 0.717) is 11.1 Å². The van der Waals surface area contributed by atoms with Gasteiger partial charge in [0.25, 0.3) is 11.8 Å². The largest absolute Gasteiger partial charge is 0.322 e. The van der Waals surface area contributed by atoms with E-state index in [1.165, 1.54) is 22.3 Å². The molecule has 0 heterocycles. The quantitative estimate of drug-likeness (QED) is 0.190. The molecule has 2 amide bonds. The van der Waals surface area contributed by atoms with Crippen LogP contribution in [0.4, 0.5) is 11.4 Å². The van der Waals surface area contributed by atoms with Crippen molar-refractivity contribution in [3.05, 3.63) is 188 Å². The lowest BCUT2D eigenvalue weighted by atomic mass is 9.67. The van der Waals surface area contributed by atoms with Crippen molar-refractivity contribution in [2.75, 3.05) is 10.6 Å². The zero-order valence-corrected chi connectivity index (χ0v) is 28.9. The molecular formula is C45H40N2O2. The van der Waals surface area contributed by atoms with Crippen LogP contribution in [0.1, 0.15) is 76.4 Å². The van der Waals surface area contributed by atoms with Crippen molar-refractivity contribution in [1.29, 1.82) is 0 Å². The Morgan fingerprint density at radius 1 is 0.429 bits per heavy atom. The Labute approximate surface area is 288 Å². The molecule has 0 aromatic heterocycles. The summed E-state index contributed by atoms with van der Waals surface area (Å²) in [7, 11) is 0. The number of carbonyl (C=O) groups excluding carboxylic acids is 2. The fourth-order valence-electron chi connectivity index (χ4n) is 7.25. The van der Waals surface area contributed by atoms with Crippen molar-refractivity contribution < 1.29 is 9.59 Å². The smallest absolute Gasteiger partial charge is 0.255 e. The van der Waals surface area contributed by atoms with Gasteiger partial charge in [-0.1, -0.05) is 84.9 Å². The maximum Gasteiger partial charge on any atom is 0.255 e. The lowest BCUT2D eigenvalue weighted by molar-refractivity contribution is 0.101. The molecule has 0 spiro atoms. The summed E-state index contributed by atoms with van der Waals surface area (Å²) in [5.41, 5.74) is 15.7. The topological polar surface area (TPSA) is 58.2 Å². The number of fused-ring (bicyclic) bond motifs is 3. The minimum absolute atomic E-state index is 0.126. The number of benzene rings is 6. The van der Waals surface area contributed by atoms with Crippen LogP contribution in [0, 0.1) is 41.5 Å². The molecule has 0 saturated heterocycles. The Morgan fingerprint density at radius 3 is 1.22 bits per heavy atom. The summed E-state index contributed by atoms with van der Waals surface area (Å²) in [5, 5.41) is 6.31. The van der Waals surface area contributed by atoms with Gasteiger partial charge in [-0.3, -0.25) is 9.59 Å². The van der Waals surface area contributed by atoms with Gasteiger partial charge in [0.05, 0.1) is 5.41 Å². The third-order valence-corrected chi connectivity index (χ3v) is 10.3. The first kappa shape index (κ1) is 31.8. The van der Waals surface area contributed by atoms with E-state index >= 15 is 0 Å². The standard InChI is InChI=1S/C45H40N2O2/c1-27-15-17-33(23-29(27)3)43(48)46-41-21-19-35(25-31(41)5)45(39-13-9-7-11-37(39)38-12-8-10-14-40(38)45)36-20-22-42(32(6)26-36)47-44(49)34-18-16-28(2)30(4)24-34/h7-26H,1-6H3,(H,46,48)(H,47,49). The van der Waals surface area contributed by atoms with Crippen molar-refractivity contribution >= 4 is 23.2 Å². The second-order valence-electron chi connectivity index (χ2n) is 13.4. The van der Waals surface area contributed by atoms with Crippen molar-refractivity contribution in [2.45, 2.75) is 47.0 Å². The average molecular weight is 641 g/mol. The third-order valence-electron chi connectivity index (χ3n) is 10.3. The summed E-state index contributed by atoms with van der Waals surface area (Å²) in [6.45, 7) is 12.2. The van der Waals surface area contributed by atoms with Crippen LogP contribution in [-0.4, -0.2) is 11.8 Å². The molecular weight excluding hydrogens is 601 g/mol. The minimum atomic E-state index is -0.615. The van der Waals surface area contributed by atoms with Gasteiger partial charge in [0.2, 0.25) is 0 Å². The molecule has 1 aliphatic rings. The molecule has 2 N–H and O–H groups in total.